The minimum absolute atomic E-state index is 0.344. The number of imide groups is 1. The van der Waals surface area contributed by atoms with Gasteiger partial charge in [0, 0.05) is 19.3 Å². The van der Waals surface area contributed by atoms with E-state index in [4.69, 9.17) is 0 Å². The number of carbonyl (C=O) groups is 2. The first kappa shape index (κ1) is 22.6. The molecule has 1 N–H and O–H groups in total. The van der Waals surface area contributed by atoms with Crippen LogP contribution in [0.5, 0.6) is 0 Å². The standard InChI is InChI=1S/C27H28N4O2S/c1-18-5-7-22-16-20(6-8-21(22)15-18)4-2-3-19-10-13-31(14-11-19)26-28-12-9-23(29-26)17-24-25(32)30-27(33)34-24/h5-9,12,15-17,19H,2-4,10-11,13-14H2,1H3,(H,30,32,33)/b24-17-. The van der Waals surface area contributed by atoms with Gasteiger partial charge in [-0.15, -0.1) is 0 Å². The normalized spacial score (nSPS) is 18.1. The quantitative estimate of drug-likeness (QED) is 0.478. The maximum absolute atomic E-state index is 11.8. The lowest BCUT2D eigenvalue weighted by molar-refractivity contribution is -0.115. The highest BCUT2D eigenvalue weighted by atomic mass is 32.2. The van der Waals surface area contributed by atoms with Crippen molar-refractivity contribution in [1.82, 2.24) is 15.3 Å². The van der Waals surface area contributed by atoms with Crippen molar-refractivity contribution in [2.24, 2.45) is 5.92 Å². The van der Waals surface area contributed by atoms with Crippen molar-refractivity contribution in [1.29, 1.82) is 0 Å². The number of anilines is 1. The van der Waals surface area contributed by atoms with Crippen LogP contribution in [0.4, 0.5) is 10.7 Å². The van der Waals surface area contributed by atoms with Gasteiger partial charge in [0.15, 0.2) is 0 Å². The highest BCUT2D eigenvalue weighted by Crippen LogP contribution is 2.28. The van der Waals surface area contributed by atoms with Gasteiger partial charge in [0.1, 0.15) is 0 Å². The molecule has 6 nitrogen and oxygen atoms in total. The Kier molecular flexibility index (Phi) is 6.63. The Bertz CT molecular complexity index is 1260. The van der Waals surface area contributed by atoms with Crippen molar-refractivity contribution >= 4 is 45.7 Å². The Balaban J connectivity index is 1.12. The summed E-state index contributed by atoms with van der Waals surface area (Å²) in [5, 5.41) is 4.57. The van der Waals surface area contributed by atoms with E-state index in [2.05, 4.69) is 63.5 Å². The lowest BCUT2D eigenvalue weighted by Gasteiger charge is -2.32. The molecule has 0 aliphatic carbocycles. The van der Waals surface area contributed by atoms with Crippen molar-refractivity contribution in [3.8, 4) is 0 Å². The number of benzene rings is 2. The number of piperidine rings is 1. The minimum Gasteiger partial charge on any atom is -0.341 e. The Morgan fingerprint density at radius 1 is 1.09 bits per heavy atom. The van der Waals surface area contributed by atoms with E-state index in [-0.39, 0.29) is 11.1 Å². The van der Waals surface area contributed by atoms with E-state index in [0.717, 1.165) is 50.0 Å². The van der Waals surface area contributed by atoms with Gasteiger partial charge in [0.2, 0.25) is 5.95 Å². The van der Waals surface area contributed by atoms with E-state index in [0.29, 0.717) is 16.5 Å². The third-order valence-corrected chi connectivity index (χ3v) is 7.43. The lowest BCUT2D eigenvalue weighted by atomic mass is 9.90. The second kappa shape index (κ2) is 9.97. The molecule has 2 aliphatic rings. The number of carbonyl (C=O) groups excluding carboxylic acids is 2. The molecular formula is C27H28N4O2S. The van der Waals surface area contributed by atoms with Crippen LogP contribution >= 0.6 is 11.8 Å². The number of aromatic nitrogens is 2. The van der Waals surface area contributed by atoms with Crippen LogP contribution in [0.2, 0.25) is 0 Å². The first-order chi connectivity index (χ1) is 16.5. The van der Waals surface area contributed by atoms with Crippen molar-refractivity contribution < 1.29 is 9.59 Å². The van der Waals surface area contributed by atoms with Crippen LogP contribution in [-0.2, 0) is 11.2 Å². The fourth-order valence-corrected chi connectivity index (χ4v) is 5.40. The zero-order valence-corrected chi connectivity index (χ0v) is 20.1. The molecular weight excluding hydrogens is 444 g/mol. The molecule has 174 valence electrons. The average molecular weight is 473 g/mol. The molecule has 7 heteroatoms. The summed E-state index contributed by atoms with van der Waals surface area (Å²) in [5.74, 6) is 1.05. The molecule has 2 saturated heterocycles. The molecule has 1 aromatic heterocycles. The summed E-state index contributed by atoms with van der Waals surface area (Å²) in [7, 11) is 0. The molecule has 2 aliphatic heterocycles. The van der Waals surface area contributed by atoms with Crippen LogP contribution in [0.15, 0.2) is 53.6 Å². The van der Waals surface area contributed by atoms with E-state index in [1.807, 2.05) is 0 Å². The van der Waals surface area contributed by atoms with E-state index in [1.165, 1.54) is 34.7 Å². The summed E-state index contributed by atoms with van der Waals surface area (Å²) in [4.78, 5) is 34.8. The van der Waals surface area contributed by atoms with Gasteiger partial charge in [-0.1, -0.05) is 42.0 Å². The number of hydrogen-bond acceptors (Lipinski definition) is 6. The van der Waals surface area contributed by atoms with E-state index in [9.17, 15) is 9.59 Å². The number of hydrogen-bond donors (Lipinski definition) is 1. The van der Waals surface area contributed by atoms with E-state index in [1.54, 1.807) is 18.3 Å². The van der Waals surface area contributed by atoms with Crippen LogP contribution in [0.1, 0.15) is 42.5 Å². The summed E-state index contributed by atoms with van der Waals surface area (Å²) in [6.45, 7) is 4.01. The largest absolute Gasteiger partial charge is 0.341 e. The van der Waals surface area contributed by atoms with E-state index < -0.39 is 0 Å². The van der Waals surface area contributed by atoms with E-state index >= 15 is 0 Å². The number of amides is 2. The molecule has 2 amide bonds. The molecule has 5 rings (SSSR count). The molecule has 3 aromatic rings. The SMILES string of the molecule is Cc1ccc2cc(CCCC3CCN(c4nccc(/C=C5\SC(=O)NC5=O)n4)CC3)ccc2c1. The highest BCUT2D eigenvalue weighted by molar-refractivity contribution is 8.18. The maximum atomic E-state index is 11.8. The number of aryl methyl sites for hydroxylation is 2. The highest BCUT2D eigenvalue weighted by Gasteiger charge is 2.25. The van der Waals surface area contributed by atoms with Crippen LogP contribution < -0.4 is 10.2 Å². The summed E-state index contributed by atoms with van der Waals surface area (Å²) in [6.07, 6.45) is 9.21. The van der Waals surface area contributed by atoms with Crippen LogP contribution in [0.25, 0.3) is 16.8 Å². The second-order valence-corrected chi connectivity index (χ2v) is 10.2. The van der Waals surface area contributed by atoms with Gasteiger partial charge < -0.3 is 4.90 Å². The number of nitrogens with zero attached hydrogens (tertiary/aromatic N) is 3. The summed E-state index contributed by atoms with van der Waals surface area (Å²) >= 11 is 0.905. The van der Waals surface area contributed by atoms with Gasteiger partial charge in [-0.2, -0.15) is 0 Å². The molecule has 3 heterocycles. The number of fused-ring (bicyclic) bond motifs is 1. The van der Waals surface area contributed by atoms with Gasteiger partial charge >= 0.3 is 0 Å². The molecule has 0 bridgehead atoms. The van der Waals surface area contributed by atoms with Crippen LogP contribution in [0, 0.1) is 12.8 Å². The second-order valence-electron chi connectivity index (χ2n) is 9.14. The fourth-order valence-electron chi connectivity index (χ4n) is 4.74. The van der Waals surface area contributed by atoms with Crippen molar-refractivity contribution in [3.63, 3.8) is 0 Å². The van der Waals surface area contributed by atoms with Gasteiger partial charge in [0.25, 0.3) is 11.1 Å². The average Bonchev–Trinajstić information content (AvgIpc) is 3.16. The predicted molar refractivity (Wildman–Crippen MR) is 138 cm³/mol. The Morgan fingerprint density at radius 3 is 2.68 bits per heavy atom. The third-order valence-electron chi connectivity index (χ3n) is 6.62. The van der Waals surface area contributed by atoms with Crippen molar-refractivity contribution in [3.05, 3.63) is 70.4 Å². The molecule has 0 radical (unpaired) electrons. The fraction of sp³-hybridized carbons (Fsp3) is 0.333. The smallest absolute Gasteiger partial charge is 0.290 e. The first-order valence-electron chi connectivity index (χ1n) is 11.9. The van der Waals surface area contributed by atoms with Gasteiger partial charge in [0.05, 0.1) is 10.6 Å². The number of rotatable bonds is 6. The van der Waals surface area contributed by atoms with Crippen LogP contribution in [-0.4, -0.2) is 34.2 Å². The molecule has 0 unspecified atom stereocenters. The maximum Gasteiger partial charge on any atom is 0.290 e. The van der Waals surface area contributed by atoms with Gasteiger partial charge in [-0.25, -0.2) is 9.97 Å². The molecule has 0 atom stereocenters. The zero-order chi connectivity index (χ0) is 23.5. The van der Waals surface area contributed by atoms with Crippen molar-refractivity contribution in [2.75, 3.05) is 18.0 Å². The summed E-state index contributed by atoms with van der Waals surface area (Å²) < 4.78 is 0. The first-order valence-corrected chi connectivity index (χ1v) is 12.7. The number of thioether (sulfide) groups is 1. The molecule has 0 saturated carbocycles. The summed E-state index contributed by atoms with van der Waals surface area (Å²) in [6, 6.07) is 15.3. The molecule has 34 heavy (non-hydrogen) atoms. The topological polar surface area (TPSA) is 75.2 Å². The van der Waals surface area contributed by atoms with Crippen LogP contribution in [0.3, 0.4) is 0 Å². The zero-order valence-electron chi connectivity index (χ0n) is 19.3. The molecule has 2 aromatic carbocycles. The molecule has 2 fully saturated rings. The monoisotopic (exact) mass is 472 g/mol. The van der Waals surface area contributed by atoms with Crippen molar-refractivity contribution in [2.45, 2.75) is 39.0 Å². The van der Waals surface area contributed by atoms with Gasteiger partial charge in [-0.3, -0.25) is 14.9 Å². The Morgan fingerprint density at radius 2 is 1.88 bits per heavy atom. The summed E-state index contributed by atoms with van der Waals surface area (Å²) in [5.41, 5.74) is 3.37. The third kappa shape index (κ3) is 5.30. The lowest BCUT2D eigenvalue weighted by Crippen LogP contribution is -2.35. The predicted octanol–water partition coefficient (Wildman–Crippen LogP) is 5.50. The Hall–Kier alpha value is -3.19. The Labute approximate surface area is 203 Å². The van der Waals surface area contributed by atoms with Gasteiger partial charge in [-0.05, 0) is 85.2 Å². The minimum atomic E-state index is -0.366. The molecule has 0 spiro atoms. The number of nitrogens with one attached hydrogen (secondary N) is 1.